The van der Waals surface area contributed by atoms with E-state index in [1.807, 2.05) is 56.3 Å². The number of benzene rings is 2. The Morgan fingerprint density at radius 1 is 1.14 bits per heavy atom. The fraction of sp³-hybridized carbons (Fsp3) is 0.278. The number of carbonyl (C=O) groups excluding carboxylic acids is 1. The van der Waals surface area contributed by atoms with Crippen LogP contribution < -0.4 is 14.8 Å². The lowest BCUT2D eigenvalue weighted by atomic mass is 10.2. The second kappa shape index (κ2) is 7.50. The summed E-state index contributed by atoms with van der Waals surface area (Å²) in [5, 5.41) is 2.89. The van der Waals surface area contributed by atoms with Crippen molar-refractivity contribution < 1.29 is 14.3 Å². The van der Waals surface area contributed by atoms with Gasteiger partial charge in [0.1, 0.15) is 11.5 Å². The van der Waals surface area contributed by atoms with Crippen LogP contribution in [0.5, 0.6) is 11.5 Å². The molecular weight excluding hydrogens is 278 g/mol. The Morgan fingerprint density at radius 3 is 2.55 bits per heavy atom. The fourth-order valence-electron chi connectivity index (χ4n) is 2.11. The Kier molecular flexibility index (Phi) is 5.42. The van der Waals surface area contributed by atoms with Crippen LogP contribution in [0, 0.1) is 6.92 Å². The fourth-order valence-corrected chi connectivity index (χ4v) is 2.11. The molecule has 4 heteroatoms. The molecule has 1 amide bonds. The number of aryl methyl sites for hydroxylation is 1. The third kappa shape index (κ3) is 4.25. The van der Waals surface area contributed by atoms with Crippen LogP contribution in [0.15, 0.2) is 48.5 Å². The van der Waals surface area contributed by atoms with Gasteiger partial charge < -0.3 is 14.8 Å². The number of carbonyl (C=O) groups is 1. The minimum absolute atomic E-state index is 0.157. The molecule has 0 aliphatic rings. The third-order valence-corrected chi connectivity index (χ3v) is 3.27. The average molecular weight is 299 g/mol. The number of nitrogens with one attached hydrogen (secondary N) is 1. The molecule has 0 bridgehead atoms. The van der Waals surface area contributed by atoms with Gasteiger partial charge in [-0.2, -0.15) is 0 Å². The highest BCUT2D eigenvalue weighted by molar-refractivity contribution is 5.94. The highest BCUT2D eigenvalue weighted by Crippen LogP contribution is 2.21. The maximum Gasteiger partial charge on any atom is 0.265 e. The molecule has 4 nitrogen and oxygen atoms in total. The zero-order valence-corrected chi connectivity index (χ0v) is 13.1. The van der Waals surface area contributed by atoms with Crippen LogP contribution in [-0.2, 0) is 4.79 Å². The Labute approximate surface area is 131 Å². The molecule has 22 heavy (non-hydrogen) atoms. The van der Waals surface area contributed by atoms with Gasteiger partial charge in [-0.05, 0) is 43.2 Å². The molecule has 0 fully saturated rings. The molecule has 0 saturated carbocycles. The lowest BCUT2D eigenvalue weighted by Crippen LogP contribution is -2.32. The molecule has 0 aromatic heterocycles. The van der Waals surface area contributed by atoms with Crippen molar-refractivity contribution in [3.8, 4) is 11.5 Å². The molecule has 0 aliphatic heterocycles. The first-order valence-electron chi connectivity index (χ1n) is 7.30. The Bertz CT molecular complexity index is 640. The zero-order valence-electron chi connectivity index (χ0n) is 13.1. The summed E-state index contributed by atoms with van der Waals surface area (Å²) in [6, 6.07) is 14.9. The van der Waals surface area contributed by atoms with E-state index in [4.69, 9.17) is 9.47 Å². The van der Waals surface area contributed by atoms with E-state index in [2.05, 4.69) is 5.32 Å². The van der Waals surface area contributed by atoms with E-state index in [0.29, 0.717) is 17.9 Å². The van der Waals surface area contributed by atoms with Crippen LogP contribution in [0.4, 0.5) is 5.69 Å². The summed E-state index contributed by atoms with van der Waals surface area (Å²) < 4.78 is 10.9. The minimum atomic E-state index is -0.549. The standard InChI is InChI=1S/C18H21NO3/c1-4-17(22-16-10-6-9-15(12-16)21-3)18(20)19-14-8-5-7-13(2)11-14/h5-12,17H,4H2,1-3H3,(H,19,20)/t17-/m1/s1. The van der Waals surface area contributed by atoms with Crippen LogP contribution in [0.2, 0.25) is 0 Å². The van der Waals surface area contributed by atoms with Gasteiger partial charge in [0.15, 0.2) is 6.10 Å². The van der Waals surface area contributed by atoms with E-state index in [0.717, 1.165) is 11.3 Å². The second-order valence-electron chi connectivity index (χ2n) is 5.05. The van der Waals surface area contributed by atoms with Gasteiger partial charge in [-0.3, -0.25) is 4.79 Å². The number of anilines is 1. The molecule has 1 N–H and O–H groups in total. The number of amides is 1. The highest BCUT2D eigenvalue weighted by Gasteiger charge is 2.18. The van der Waals surface area contributed by atoms with Crippen molar-refractivity contribution in [3.05, 3.63) is 54.1 Å². The monoisotopic (exact) mass is 299 g/mol. The van der Waals surface area contributed by atoms with Crippen molar-refractivity contribution >= 4 is 11.6 Å². The molecule has 0 heterocycles. The summed E-state index contributed by atoms with van der Waals surface area (Å²) in [7, 11) is 1.60. The van der Waals surface area contributed by atoms with Crippen molar-refractivity contribution in [3.63, 3.8) is 0 Å². The molecule has 2 aromatic carbocycles. The molecule has 1 atom stereocenters. The van der Waals surface area contributed by atoms with Gasteiger partial charge in [-0.25, -0.2) is 0 Å². The van der Waals surface area contributed by atoms with Gasteiger partial charge in [0, 0.05) is 11.8 Å². The van der Waals surface area contributed by atoms with Gasteiger partial charge in [-0.15, -0.1) is 0 Å². The van der Waals surface area contributed by atoms with E-state index < -0.39 is 6.10 Å². The maximum absolute atomic E-state index is 12.3. The smallest absolute Gasteiger partial charge is 0.265 e. The Morgan fingerprint density at radius 2 is 1.86 bits per heavy atom. The topological polar surface area (TPSA) is 47.6 Å². The van der Waals surface area contributed by atoms with E-state index in [9.17, 15) is 4.79 Å². The van der Waals surface area contributed by atoms with Gasteiger partial charge in [0.25, 0.3) is 5.91 Å². The van der Waals surface area contributed by atoms with Crippen LogP contribution in [0.1, 0.15) is 18.9 Å². The third-order valence-electron chi connectivity index (χ3n) is 3.27. The highest BCUT2D eigenvalue weighted by atomic mass is 16.5. The number of ether oxygens (including phenoxy) is 2. The SMILES string of the molecule is CC[C@@H](Oc1cccc(OC)c1)C(=O)Nc1cccc(C)c1. The van der Waals surface area contributed by atoms with Crippen molar-refractivity contribution in [1.29, 1.82) is 0 Å². The minimum Gasteiger partial charge on any atom is -0.497 e. The largest absolute Gasteiger partial charge is 0.497 e. The van der Waals surface area contributed by atoms with Crippen molar-refractivity contribution in [2.75, 3.05) is 12.4 Å². The van der Waals surface area contributed by atoms with Gasteiger partial charge >= 0.3 is 0 Å². The van der Waals surface area contributed by atoms with Crippen molar-refractivity contribution in [2.45, 2.75) is 26.4 Å². The average Bonchev–Trinajstić information content (AvgIpc) is 2.52. The van der Waals surface area contributed by atoms with Crippen LogP contribution >= 0.6 is 0 Å². The first-order valence-corrected chi connectivity index (χ1v) is 7.30. The van der Waals surface area contributed by atoms with Crippen LogP contribution in [0.25, 0.3) is 0 Å². The molecule has 116 valence electrons. The maximum atomic E-state index is 12.3. The first kappa shape index (κ1) is 15.9. The van der Waals surface area contributed by atoms with E-state index in [1.54, 1.807) is 13.2 Å². The summed E-state index contributed by atoms with van der Waals surface area (Å²) in [6.07, 6.45) is 0.0297. The van der Waals surface area contributed by atoms with E-state index in [1.165, 1.54) is 0 Å². The lowest BCUT2D eigenvalue weighted by Gasteiger charge is -2.18. The number of hydrogen-bond donors (Lipinski definition) is 1. The normalized spacial score (nSPS) is 11.6. The number of hydrogen-bond acceptors (Lipinski definition) is 3. The lowest BCUT2D eigenvalue weighted by molar-refractivity contribution is -0.122. The van der Waals surface area contributed by atoms with Crippen LogP contribution in [0.3, 0.4) is 0 Å². The zero-order chi connectivity index (χ0) is 15.9. The number of methoxy groups -OCH3 is 1. The van der Waals surface area contributed by atoms with E-state index >= 15 is 0 Å². The van der Waals surface area contributed by atoms with Crippen molar-refractivity contribution in [2.24, 2.45) is 0 Å². The molecule has 0 saturated heterocycles. The van der Waals surface area contributed by atoms with Gasteiger partial charge in [0.2, 0.25) is 0 Å². The first-order chi connectivity index (χ1) is 10.6. The predicted octanol–water partition coefficient (Wildman–Crippen LogP) is 3.80. The summed E-state index contributed by atoms with van der Waals surface area (Å²) in [5.41, 5.74) is 1.87. The molecule has 0 radical (unpaired) electrons. The Balaban J connectivity index is 2.05. The molecule has 2 rings (SSSR count). The number of rotatable bonds is 6. The molecule has 2 aromatic rings. The molecule has 0 aliphatic carbocycles. The predicted molar refractivity (Wildman–Crippen MR) is 87.5 cm³/mol. The van der Waals surface area contributed by atoms with E-state index in [-0.39, 0.29) is 5.91 Å². The van der Waals surface area contributed by atoms with Crippen molar-refractivity contribution in [1.82, 2.24) is 0 Å². The van der Waals surface area contributed by atoms with Crippen LogP contribution in [-0.4, -0.2) is 19.1 Å². The molecule has 0 spiro atoms. The summed E-state index contributed by atoms with van der Waals surface area (Å²) in [4.78, 5) is 12.3. The second-order valence-corrected chi connectivity index (χ2v) is 5.05. The summed E-state index contributed by atoms with van der Waals surface area (Å²) >= 11 is 0. The molecular formula is C18H21NO3. The summed E-state index contributed by atoms with van der Waals surface area (Å²) in [5.74, 6) is 1.16. The van der Waals surface area contributed by atoms with Gasteiger partial charge in [-0.1, -0.05) is 25.1 Å². The quantitative estimate of drug-likeness (QED) is 0.882. The van der Waals surface area contributed by atoms with Gasteiger partial charge in [0.05, 0.1) is 7.11 Å². The summed E-state index contributed by atoms with van der Waals surface area (Å²) in [6.45, 7) is 3.90. The Hall–Kier alpha value is -2.49. The molecule has 0 unspecified atom stereocenters.